The lowest BCUT2D eigenvalue weighted by Gasteiger charge is -2.21. The van der Waals surface area contributed by atoms with Crippen molar-refractivity contribution in [2.75, 3.05) is 0 Å². The van der Waals surface area contributed by atoms with Gasteiger partial charge in [-0.25, -0.2) is 44.9 Å². The van der Waals surface area contributed by atoms with Crippen LogP contribution in [0.25, 0.3) is 218 Å². The van der Waals surface area contributed by atoms with Gasteiger partial charge in [0.15, 0.2) is 52.4 Å². The third-order valence-corrected chi connectivity index (χ3v) is 26.6. The first kappa shape index (κ1) is 79.8. The van der Waals surface area contributed by atoms with Crippen molar-refractivity contribution < 1.29 is 13.3 Å². The molecule has 22 aromatic rings. The average molecular weight is 1700 g/mol. The smallest absolute Gasteiger partial charge is 0.167 e. The monoisotopic (exact) mass is 1700 g/mol. The summed E-state index contributed by atoms with van der Waals surface area (Å²) in [5.41, 5.74) is 32.7. The Balaban J connectivity index is 0.000000113. The summed E-state index contributed by atoms with van der Waals surface area (Å²) in [6.07, 6.45) is 5.53. The lowest BCUT2D eigenvalue weighted by Crippen LogP contribution is -2.14. The van der Waals surface area contributed by atoms with Gasteiger partial charge in [0.25, 0.3) is 0 Å². The number of nitrogens with zero attached hydrogens (tertiary/aromatic N) is 9. The van der Waals surface area contributed by atoms with E-state index in [1.165, 1.54) is 66.8 Å². The first-order valence-electron chi connectivity index (χ1n) is 44.6. The van der Waals surface area contributed by atoms with Gasteiger partial charge < -0.3 is 13.3 Å². The molecule has 0 unspecified atom stereocenters. The van der Waals surface area contributed by atoms with E-state index in [0.717, 1.165) is 138 Å². The Kier molecular flexibility index (Phi) is 19.3. The molecular weight excluding hydrogens is 1620 g/mol. The number of benzene rings is 16. The van der Waals surface area contributed by atoms with Gasteiger partial charge in [-0.05, 0) is 144 Å². The van der Waals surface area contributed by atoms with Gasteiger partial charge in [-0.3, -0.25) is 0 Å². The Labute approximate surface area is 763 Å². The maximum Gasteiger partial charge on any atom is 0.167 e. The van der Waals surface area contributed by atoms with Crippen LogP contribution in [0.3, 0.4) is 0 Å². The third kappa shape index (κ3) is 13.6. The lowest BCUT2D eigenvalue weighted by molar-refractivity contribution is 0.647. The molecule has 25 rings (SSSR count). The Bertz CT molecular complexity index is 8340. The van der Waals surface area contributed by atoms with Crippen molar-refractivity contribution in [1.82, 2.24) is 44.9 Å². The Hall–Kier alpha value is -16.8. The molecule has 3 aliphatic rings. The van der Waals surface area contributed by atoms with Gasteiger partial charge in [-0.1, -0.05) is 376 Å². The minimum absolute atomic E-state index is 0.0853. The van der Waals surface area contributed by atoms with Gasteiger partial charge in [0, 0.05) is 93.1 Å². The summed E-state index contributed by atoms with van der Waals surface area (Å²) in [5, 5.41) is 6.52. The third-order valence-electron chi connectivity index (χ3n) is 26.6. The van der Waals surface area contributed by atoms with E-state index in [1.807, 2.05) is 194 Å². The highest BCUT2D eigenvalue weighted by Gasteiger charge is 2.40. The van der Waals surface area contributed by atoms with Crippen LogP contribution in [-0.2, 0) is 16.2 Å². The quantitative estimate of drug-likeness (QED) is 0.101. The highest BCUT2D eigenvalue weighted by Crippen LogP contribution is 2.55. The van der Waals surface area contributed by atoms with Crippen molar-refractivity contribution >= 4 is 71.4 Å². The summed E-state index contributed by atoms with van der Waals surface area (Å²) in [7, 11) is 0. The van der Waals surface area contributed by atoms with Crippen LogP contribution in [0.1, 0.15) is 80.5 Å². The van der Waals surface area contributed by atoms with Gasteiger partial charge in [0.2, 0.25) is 0 Å². The number of fused-ring (bicyclic) bond motifs is 18. The zero-order valence-electron chi connectivity index (χ0n) is 73.5. The number of aromatic nitrogens is 9. The van der Waals surface area contributed by atoms with Crippen molar-refractivity contribution in [3.8, 4) is 147 Å². The van der Waals surface area contributed by atoms with E-state index in [0.29, 0.717) is 52.4 Å². The van der Waals surface area contributed by atoms with E-state index < -0.39 is 0 Å². The highest BCUT2D eigenvalue weighted by molar-refractivity contribution is 6.14. The molecule has 12 nitrogen and oxygen atoms in total. The number of para-hydroxylation sites is 3. The van der Waals surface area contributed by atoms with E-state index in [1.54, 1.807) is 6.08 Å². The van der Waals surface area contributed by atoms with Crippen LogP contribution >= 0.6 is 0 Å². The number of hydrogen-bond acceptors (Lipinski definition) is 12. The zero-order valence-corrected chi connectivity index (χ0v) is 73.5. The van der Waals surface area contributed by atoms with Crippen molar-refractivity contribution in [2.45, 2.75) is 57.8 Å². The normalized spacial score (nSPS) is 13.4. The fraction of sp³-hybridized carbons (Fsp3) is 0.0750. The Morgan fingerprint density at radius 2 is 0.485 bits per heavy atom. The van der Waals surface area contributed by atoms with Gasteiger partial charge in [0.05, 0.1) is 11.1 Å². The molecule has 0 bridgehead atoms. The van der Waals surface area contributed by atoms with Crippen molar-refractivity contribution in [1.29, 1.82) is 0 Å². The number of allylic oxidation sites excluding steroid dienone is 4. The van der Waals surface area contributed by atoms with Crippen molar-refractivity contribution in [2.24, 2.45) is 0 Å². The predicted molar refractivity (Wildman–Crippen MR) is 537 cm³/mol. The van der Waals surface area contributed by atoms with Crippen LogP contribution in [0.5, 0.6) is 0 Å². The average Bonchev–Trinajstić information content (AvgIpc) is 1.56. The minimum atomic E-state index is -0.115. The maximum atomic E-state index is 6.71. The topological polar surface area (TPSA) is 155 Å². The van der Waals surface area contributed by atoms with E-state index in [9.17, 15) is 0 Å². The predicted octanol–water partition coefficient (Wildman–Crippen LogP) is 30.7. The summed E-state index contributed by atoms with van der Waals surface area (Å²) in [6, 6.07) is 125. The van der Waals surface area contributed by atoms with Crippen LogP contribution in [0, 0.1) is 0 Å². The molecule has 0 spiro atoms. The van der Waals surface area contributed by atoms with Crippen molar-refractivity contribution in [3.63, 3.8) is 0 Å². The molecule has 16 aromatic carbocycles. The Morgan fingerprint density at radius 1 is 0.220 bits per heavy atom. The van der Waals surface area contributed by atoms with E-state index >= 15 is 0 Å². The first-order valence-corrected chi connectivity index (χ1v) is 44.6. The van der Waals surface area contributed by atoms with E-state index in [2.05, 4.69) is 237 Å². The molecule has 132 heavy (non-hydrogen) atoms. The molecule has 628 valence electrons. The molecule has 6 heterocycles. The first-order chi connectivity index (χ1) is 64.6. The summed E-state index contributed by atoms with van der Waals surface area (Å²) < 4.78 is 20.1. The molecule has 0 radical (unpaired) electrons. The fourth-order valence-corrected chi connectivity index (χ4v) is 19.8. The summed E-state index contributed by atoms with van der Waals surface area (Å²) in [6.45, 7) is 21.6. The van der Waals surface area contributed by atoms with Gasteiger partial charge in [-0.15, -0.1) is 0 Å². The largest absolute Gasteiger partial charge is 0.455 e. The fourth-order valence-electron chi connectivity index (χ4n) is 19.8. The van der Waals surface area contributed by atoms with Crippen molar-refractivity contribution in [3.05, 3.63) is 434 Å². The highest BCUT2D eigenvalue weighted by atomic mass is 16.3. The lowest BCUT2D eigenvalue weighted by atomic mass is 9.82. The molecule has 0 N–H and O–H groups in total. The summed E-state index contributed by atoms with van der Waals surface area (Å²) in [5.74, 6) is 5.52. The van der Waals surface area contributed by atoms with Crippen LogP contribution in [-0.4, -0.2) is 44.9 Å². The molecular formula is C120H85N9O3. The SMILES string of the molecule is C=C/C=C(\C=C)c1cccc(-c2nc(-c3ccccc3)nc(-c3cccc4c3oc3cc5c(cc34)-c3ccccc3C5(C)C)n2)c1.CC1(C)c2ccccc2-c2cc3c(cc21)oc1c(-c2cccc(-c4nc(-c5ccccc5)nc(-c5ccccc5)n4)c2)cccc13.CC1(C)c2ccccc2-c2cc3c(cc21)oc1c(-c2nc(-c4ccccc4)nc(-c4ccccc4)n2)cccc13. The molecule has 3 aliphatic carbocycles. The minimum Gasteiger partial charge on any atom is -0.455 e. The van der Waals surface area contributed by atoms with Gasteiger partial charge >= 0.3 is 0 Å². The molecule has 0 saturated carbocycles. The molecule has 0 atom stereocenters. The second-order valence-electron chi connectivity index (χ2n) is 35.5. The Morgan fingerprint density at radius 3 is 0.826 bits per heavy atom. The summed E-state index contributed by atoms with van der Waals surface area (Å²) >= 11 is 0. The van der Waals surface area contributed by atoms with E-state index in [-0.39, 0.29) is 16.2 Å². The summed E-state index contributed by atoms with van der Waals surface area (Å²) in [4.78, 5) is 44.5. The standard InChI is InChI=1S/C42H29N3O.C42H31N3O.C36H25N3O/c1-42(2)35-22-10-9-19-31(35)33-24-34-32-21-12-20-30(38(32)46-37(34)25-36(33)42)28-17-11-18-29(23-28)41-44-39(26-13-5-3-6-14-26)43-40(45-41)27-15-7-4-8-16-27;1-5-14-26(6-2)28-17-12-18-29(23-28)40-43-39(27-15-8-7-9-16-27)44-41(45-40)32-21-13-20-31-34-24-33-30-19-10-11-22-35(30)42(3,4)36(33)25-37(34)46-38(31)32;1-36(2)29-19-10-9-16-24(29)27-20-28-25-17-11-18-26(32(25)40-31(28)21-30(27)36)35-38-33(22-12-5-3-6-13-22)37-34(39-35)23-14-7-4-8-15-23/h3-25H,1-2H3;5-25H,1-2H2,3-4H3;3-21H,1-2H3/b;26-14+;. The number of rotatable bonds is 13. The number of hydrogen-bond donors (Lipinski definition) is 0. The van der Waals surface area contributed by atoms with Gasteiger partial charge in [0.1, 0.15) is 33.5 Å². The van der Waals surface area contributed by atoms with E-state index in [4.69, 9.17) is 58.1 Å². The van der Waals surface area contributed by atoms with Crippen LogP contribution in [0.4, 0.5) is 0 Å². The molecule has 12 heteroatoms. The molecule has 0 aliphatic heterocycles. The van der Waals surface area contributed by atoms with Crippen LogP contribution in [0.2, 0.25) is 0 Å². The molecule has 0 saturated heterocycles. The second-order valence-corrected chi connectivity index (χ2v) is 35.5. The zero-order chi connectivity index (χ0) is 89.1. The second kappa shape index (κ2) is 31.9. The molecule has 0 fully saturated rings. The number of furan rings is 3. The van der Waals surface area contributed by atoms with Crippen LogP contribution < -0.4 is 0 Å². The maximum absolute atomic E-state index is 6.71. The molecule has 6 aromatic heterocycles. The van der Waals surface area contributed by atoms with Crippen LogP contribution in [0.15, 0.2) is 409 Å². The van der Waals surface area contributed by atoms with Gasteiger partial charge in [-0.2, -0.15) is 0 Å². The molecule has 0 amide bonds.